The molecule has 1 heterocycles. The second kappa shape index (κ2) is 4.13. The third-order valence-electron chi connectivity index (χ3n) is 2.62. The van der Waals surface area contributed by atoms with Crippen molar-refractivity contribution >= 4 is 5.91 Å². The third kappa shape index (κ3) is 2.15. The van der Waals surface area contributed by atoms with Gasteiger partial charge in [-0.3, -0.25) is 9.89 Å². The van der Waals surface area contributed by atoms with Crippen LogP contribution in [0.15, 0.2) is 6.20 Å². The van der Waals surface area contributed by atoms with Crippen LogP contribution < -0.4 is 5.32 Å². The predicted molar refractivity (Wildman–Crippen MR) is 52.8 cm³/mol. The zero-order valence-electron chi connectivity index (χ0n) is 8.29. The van der Waals surface area contributed by atoms with Crippen LogP contribution >= 0.6 is 0 Å². The van der Waals surface area contributed by atoms with E-state index in [2.05, 4.69) is 15.5 Å². The van der Waals surface area contributed by atoms with Gasteiger partial charge in [0.15, 0.2) is 0 Å². The zero-order valence-corrected chi connectivity index (χ0v) is 8.29. The van der Waals surface area contributed by atoms with Gasteiger partial charge in [0.2, 0.25) is 5.91 Å². The van der Waals surface area contributed by atoms with Crippen LogP contribution in [0.25, 0.3) is 0 Å². The zero-order chi connectivity index (χ0) is 10.7. The summed E-state index contributed by atoms with van der Waals surface area (Å²) in [5.74, 6) is -0.189. The van der Waals surface area contributed by atoms with Crippen LogP contribution in [-0.4, -0.2) is 22.1 Å². The van der Waals surface area contributed by atoms with Crippen molar-refractivity contribution in [3.05, 3.63) is 17.5 Å². The summed E-state index contributed by atoms with van der Waals surface area (Å²) >= 11 is 0. The second-order valence-corrected chi connectivity index (χ2v) is 3.72. The molecule has 2 N–H and O–H groups in total. The molecule has 0 spiro atoms. The SMILES string of the molecule is N#CCC(=O)NC1CCc2cn[nH]c2C1. The van der Waals surface area contributed by atoms with Crippen LogP contribution in [0.3, 0.4) is 0 Å². The van der Waals surface area contributed by atoms with Gasteiger partial charge in [0.1, 0.15) is 6.42 Å². The Morgan fingerprint density at radius 1 is 1.80 bits per heavy atom. The second-order valence-electron chi connectivity index (χ2n) is 3.72. The summed E-state index contributed by atoms with van der Waals surface area (Å²) in [7, 11) is 0. The molecule has 1 aliphatic carbocycles. The normalized spacial score (nSPS) is 19.0. The number of nitrogens with zero attached hydrogens (tertiary/aromatic N) is 2. The van der Waals surface area contributed by atoms with Crippen molar-refractivity contribution in [3.8, 4) is 6.07 Å². The highest BCUT2D eigenvalue weighted by molar-refractivity contribution is 5.78. The Morgan fingerprint density at radius 2 is 2.67 bits per heavy atom. The molecule has 1 atom stereocenters. The minimum Gasteiger partial charge on any atom is -0.352 e. The summed E-state index contributed by atoms with van der Waals surface area (Å²) in [4.78, 5) is 11.2. The van der Waals surface area contributed by atoms with Crippen LogP contribution in [-0.2, 0) is 17.6 Å². The van der Waals surface area contributed by atoms with Crippen molar-refractivity contribution in [2.24, 2.45) is 0 Å². The molecule has 15 heavy (non-hydrogen) atoms. The highest BCUT2D eigenvalue weighted by Gasteiger charge is 2.21. The molecule has 1 aromatic heterocycles. The molecule has 1 aromatic rings. The number of aromatic amines is 1. The molecule has 5 heteroatoms. The Balaban J connectivity index is 1.93. The fourth-order valence-electron chi connectivity index (χ4n) is 1.88. The number of aromatic nitrogens is 2. The maximum absolute atomic E-state index is 11.2. The molecule has 0 fully saturated rings. The van der Waals surface area contributed by atoms with E-state index in [1.807, 2.05) is 12.3 Å². The van der Waals surface area contributed by atoms with E-state index in [1.54, 1.807) is 0 Å². The lowest BCUT2D eigenvalue weighted by Gasteiger charge is -2.22. The lowest BCUT2D eigenvalue weighted by atomic mass is 9.94. The molecule has 2 rings (SSSR count). The highest BCUT2D eigenvalue weighted by atomic mass is 16.1. The fraction of sp³-hybridized carbons (Fsp3) is 0.500. The quantitative estimate of drug-likeness (QED) is 0.726. The molecule has 78 valence electrons. The Morgan fingerprint density at radius 3 is 3.47 bits per heavy atom. The molecule has 0 aliphatic heterocycles. The summed E-state index contributed by atoms with van der Waals surface area (Å²) in [6, 6.07) is 1.98. The standard InChI is InChI=1S/C10H12N4O/c11-4-3-10(15)13-8-2-1-7-6-12-14-9(7)5-8/h6,8H,1-3,5H2,(H,12,14)(H,13,15). The van der Waals surface area contributed by atoms with Gasteiger partial charge in [-0.2, -0.15) is 10.4 Å². The summed E-state index contributed by atoms with van der Waals surface area (Å²) < 4.78 is 0. The molecule has 1 amide bonds. The monoisotopic (exact) mass is 204 g/mol. The van der Waals surface area contributed by atoms with Gasteiger partial charge in [-0.05, 0) is 18.4 Å². The summed E-state index contributed by atoms with van der Waals surface area (Å²) in [5, 5.41) is 18.1. The van der Waals surface area contributed by atoms with Gasteiger partial charge in [0, 0.05) is 18.2 Å². The van der Waals surface area contributed by atoms with Crippen LogP contribution in [0.5, 0.6) is 0 Å². The summed E-state index contributed by atoms with van der Waals surface area (Å²) in [6.45, 7) is 0. The van der Waals surface area contributed by atoms with Gasteiger partial charge in [-0.15, -0.1) is 0 Å². The summed E-state index contributed by atoms with van der Waals surface area (Å²) in [6.07, 6.45) is 4.41. The smallest absolute Gasteiger partial charge is 0.234 e. The van der Waals surface area contributed by atoms with Crippen LogP contribution in [0.4, 0.5) is 0 Å². The van der Waals surface area contributed by atoms with Gasteiger partial charge in [-0.1, -0.05) is 0 Å². The number of aryl methyl sites for hydroxylation is 1. The van der Waals surface area contributed by atoms with Crippen molar-refractivity contribution < 1.29 is 4.79 Å². The lowest BCUT2D eigenvalue weighted by Crippen LogP contribution is -2.38. The Bertz CT molecular complexity index is 404. The van der Waals surface area contributed by atoms with Crippen molar-refractivity contribution in [1.29, 1.82) is 5.26 Å². The average Bonchev–Trinajstić information content (AvgIpc) is 2.65. The van der Waals surface area contributed by atoms with Crippen molar-refractivity contribution in [2.75, 3.05) is 0 Å². The molecule has 0 saturated carbocycles. The maximum atomic E-state index is 11.2. The fourth-order valence-corrected chi connectivity index (χ4v) is 1.88. The maximum Gasteiger partial charge on any atom is 0.234 e. The van der Waals surface area contributed by atoms with E-state index in [9.17, 15) is 4.79 Å². The van der Waals surface area contributed by atoms with E-state index in [-0.39, 0.29) is 18.4 Å². The Hall–Kier alpha value is -1.83. The molecular weight excluding hydrogens is 192 g/mol. The predicted octanol–water partition coefficient (Wildman–Crippen LogP) is 0.297. The third-order valence-corrected chi connectivity index (χ3v) is 2.62. The van der Waals surface area contributed by atoms with Gasteiger partial charge < -0.3 is 5.32 Å². The highest BCUT2D eigenvalue weighted by Crippen LogP contribution is 2.18. The lowest BCUT2D eigenvalue weighted by molar-refractivity contribution is -0.120. The molecule has 0 aromatic carbocycles. The first kappa shape index (κ1) is 9.71. The van der Waals surface area contributed by atoms with Crippen LogP contribution in [0, 0.1) is 11.3 Å². The number of nitrogens with one attached hydrogen (secondary N) is 2. The van der Waals surface area contributed by atoms with Crippen LogP contribution in [0.1, 0.15) is 24.1 Å². The Kier molecular flexibility index (Phi) is 2.68. The van der Waals surface area contributed by atoms with Crippen LogP contribution in [0.2, 0.25) is 0 Å². The molecule has 1 aliphatic rings. The topological polar surface area (TPSA) is 81.6 Å². The first-order valence-corrected chi connectivity index (χ1v) is 4.97. The summed E-state index contributed by atoms with van der Waals surface area (Å²) in [5.41, 5.74) is 2.34. The average molecular weight is 204 g/mol. The van der Waals surface area contributed by atoms with Crippen molar-refractivity contribution in [1.82, 2.24) is 15.5 Å². The number of amides is 1. The molecule has 0 bridgehead atoms. The number of rotatable bonds is 2. The minimum atomic E-state index is -0.189. The van der Waals surface area contributed by atoms with Gasteiger partial charge in [0.25, 0.3) is 0 Å². The van der Waals surface area contributed by atoms with Gasteiger partial charge in [-0.25, -0.2) is 0 Å². The minimum absolute atomic E-state index is 0.0632. The van der Waals surface area contributed by atoms with E-state index in [0.29, 0.717) is 0 Å². The van der Waals surface area contributed by atoms with Gasteiger partial charge >= 0.3 is 0 Å². The van der Waals surface area contributed by atoms with E-state index in [1.165, 1.54) is 5.56 Å². The first-order chi connectivity index (χ1) is 7.29. The van der Waals surface area contributed by atoms with Gasteiger partial charge in [0.05, 0.1) is 12.3 Å². The molecule has 0 saturated heterocycles. The molecule has 5 nitrogen and oxygen atoms in total. The van der Waals surface area contributed by atoms with E-state index >= 15 is 0 Å². The number of hydrogen-bond acceptors (Lipinski definition) is 3. The number of carbonyl (C=O) groups excluding carboxylic acids is 1. The van der Waals surface area contributed by atoms with E-state index < -0.39 is 0 Å². The first-order valence-electron chi connectivity index (χ1n) is 4.97. The number of nitriles is 1. The number of fused-ring (bicyclic) bond motifs is 1. The molecule has 0 radical (unpaired) electrons. The number of H-pyrrole nitrogens is 1. The van der Waals surface area contributed by atoms with E-state index in [0.717, 1.165) is 25.0 Å². The number of carbonyl (C=O) groups is 1. The largest absolute Gasteiger partial charge is 0.352 e. The number of hydrogen-bond donors (Lipinski definition) is 2. The molecular formula is C10H12N4O. The van der Waals surface area contributed by atoms with Crippen molar-refractivity contribution in [2.45, 2.75) is 31.7 Å². The van der Waals surface area contributed by atoms with E-state index in [4.69, 9.17) is 5.26 Å². The van der Waals surface area contributed by atoms with Crippen molar-refractivity contribution in [3.63, 3.8) is 0 Å². The Labute approximate surface area is 87.5 Å². The molecule has 1 unspecified atom stereocenters.